The Morgan fingerprint density at radius 2 is 2.00 bits per heavy atom. The lowest BCUT2D eigenvalue weighted by Gasteiger charge is -2.15. The molecule has 0 fully saturated rings. The first-order chi connectivity index (χ1) is 15.7. The highest BCUT2D eigenvalue weighted by molar-refractivity contribution is 9.09. The number of alkyl halides is 1. The maximum Gasteiger partial charge on any atom is 0.265 e. The summed E-state index contributed by atoms with van der Waals surface area (Å²) in [4.78, 5) is 16.3. The van der Waals surface area contributed by atoms with Crippen molar-refractivity contribution in [3.05, 3.63) is 99.1 Å². The first kappa shape index (κ1) is 23.5. The van der Waals surface area contributed by atoms with Crippen LogP contribution in [0, 0.1) is 6.92 Å². The summed E-state index contributed by atoms with van der Waals surface area (Å²) >= 11 is 10.0. The summed E-state index contributed by atoms with van der Waals surface area (Å²) < 4.78 is 26.9. The number of halogens is 2. The van der Waals surface area contributed by atoms with Crippen molar-refractivity contribution < 1.29 is 13.2 Å². The molecule has 0 saturated carbocycles. The third-order valence-electron chi connectivity index (χ3n) is 5.45. The topological polar surface area (TPSA) is 79.0 Å². The molecule has 1 amide bonds. The van der Waals surface area contributed by atoms with Gasteiger partial charge in [-0.2, -0.15) is 0 Å². The average molecular weight is 546 g/mol. The highest BCUT2D eigenvalue weighted by Gasteiger charge is 2.18. The Morgan fingerprint density at radius 1 is 1.24 bits per heavy atom. The zero-order valence-electron chi connectivity index (χ0n) is 17.8. The average Bonchev–Trinajstić information content (AvgIpc) is 3.09. The van der Waals surface area contributed by atoms with Gasteiger partial charge in [-0.15, -0.1) is 0 Å². The van der Waals surface area contributed by atoms with Gasteiger partial charge >= 0.3 is 0 Å². The quantitative estimate of drug-likeness (QED) is 0.375. The lowest BCUT2D eigenvalue weighted by Crippen LogP contribution is -2.28. The number of hydrogen-bond acceptors (Lipinski definition) is 3. The highest BCUT2D eigenvalue weighted by Crippen LogP contribution is 2.32. The first-order valence-electron chi connectivity index (χ1n) is 10.3. The summed E-state index contributed by atoms with van der Waals surface area (Å²) in [5.41, 5.74) is 4.89. The predicted octanol–water partition coefficient (Wildman–Crippen LogP) is 5.97. The highest BCUT2D eigenvalue weighted by atomic mass is 79.9. The van der Waals surface area contributed by atoms with Crippen LogP contribution in [0.5, 0.6) is 0 Å². The van der Waals surface area contributed by atoms with Crippen molar-refractivity contribution in [2.24, 2.45) is 0 Å². The second-order valence-corrected chi connectivity index (χ2v) is 11.1. The fraction of sp³-hybridized carbons (Fsp3) is 0.160. The van der Waals surface area contributed by atoms with E-state index in [2.05, 4.69) is 31.7 Å². The van der Waals surface area contributed by atoms with Crippen LogP contribution in [-0.4, -0.2) is 24.1 Å². The van der Waals surface area contributed by atoms with Gasteiger partial charge in [0.1, 0.15) is 0 Å². The number of allylic oxidation sites excluding steroid dienone is 4. The van der Waals surface area contributed by atoms with Crippen LogP contribution in [0.1, 0.15) is 33.6 Å². The number of amides is 1. The molecule has 1 aromatic heterocycles. The maximum atomic E-state index is 12.7. The minimum Gasteiger partial charge on any atom is -0.358 e. The molecule has 8 heteroatoms. The molecule has 170 valence electrons. The largest absolute Gasteiger partial charge is 0.358 e. The normalized spacial score (nSPS) is 16.6. The molecule has 1 aliphatic carbocycles. The third kappa shape index (κ3) is 5.66. The zero-order valence-corrected chi connectivity index (χ0v) is 21.0. The molecule has 0 radical (unpaired) electrons. The molecule has 33 heavy (non-hydrogen) atoms. The van der Waals surface area contributed by atoms with Gasteiger partial charge in [0.2, 0.25) is 0 Å². The van der Waals surface area contributed by atoms with Crippen LogP contribution in [-0.2, 0) is 16.4 Å². The van der Waals surface area contributed by atoms with Crippen LogP contribution in [0.3, 0.4) is 0 Å². The fourth-order valence-electron chi connectivity index (χ4n) is 3.73. The first-order valence-corrected chi connectivity index (χ1v) is 13.2. The number of hydrogen-bond donors (Lipinski definition) is 2. The van der Waals surface area contributed by atoms with Crippen LogP contribution in [0.4, 0.5) is 0 Å². The van der Waals surface area contributed by atoms with Crippen LogP contribution >= 0.6 is 27.5 Å². The van der Waals surface area contributed by atoms with Gasteiger partial charge in [-0.1, -0.05) is 70.0 Å². The van der Waals surface area contributed by atoms with E-state index >= 15 is 0 Å². The predicted molar refractivity (Wildman–Crippen MR) is 138 cm³/mol. The Balaban J connectivity index is 1.58. The molecular weight excluding hydrogens is 524 g/mol. The number of H-pyrrole nitrogens is 1. The molecule has 3 aromatic rings. The van der Waals surface area contributed by atoms with E-state index in [0.29, 0.717) is 6.42 Å². The third-order valence-corrected chi connectivity index (χ3v) is 7.44. The molecule has 1 unspecified atom stereocenters. The number of aryl methyl sites for hydroxylation is 1. The Kier molecular flexibility index (Phi) is 6.93. The van der Waals surface area contributed by atoms with E-state index in [1.165, 1.54) is 6.08 Å². The number of nitrogens with one attached hydrogen (secondary N) is 2. The summed E-state index contributed by atoms with van der Waals surface area (Å²) in [6.07, 6.45) is 6.88. The van der Waals surface area contributed by atoms with Gasteiger partial charge in [-0.25, -0.2) is 13.1 Å². The van der Waals surface area contributed by atoms with E-state index in [9.17, 15) is 13.2 Å². The molecule has 0 saturated heterocycles. The molecule has 1 heterocycles. The van der Waals surface area contributed by atoms with Gasteiger partial charge in [-0.3, -0.25) is 4.79 Å². The van der Waals surface area contributed by atoms with Gasteiger partial charge in [0.05, 0.1) is 5.41 Å². The smallest absolute Gasteiger partial charge is 0.265 e. The Bertz CT molecular complexity index is 1410. The van der Waals surface area contributed by atoms with Gasteiger partial charge in [0.25, 0.3) is 15.9 Å². The van der Waals surface area contributed by atoms with Crippen molar-refractivity contribution in [3.8, 4) is 0 Å². The molecule has 1 atom stereocenters. The number of rotatable bonds is 6. The maximum absolute atomic E-state index is 12.7. The van der Waals surface area contributed by atoms with Gasteiger partial charge < -0.3 is 4.98 Å². The van der Waals surface area contributed by atoms with E-state index < -0.39 is 15.9 Å². The molecule has 4 rings (SSSR count). The van der Waals surface area contributed by atoms with Crippen LogP contribution in [0.25, 0.3) is 17.0 Å². The molecule has 0 spiro atoms. The van der Waals surface area contributed by atoms with Crippen molar-refractivity contribution >= 4 is 60.4 Å². The second kappa shape index (κ2) is 9.71. The van der Waals surface area contributed by atoms with E-state index in [0.717, 1.165) is 50.2 Å². The molecule has 5 nitrogen and oxygen atoms in total. The van der Waals surface area contributed by atoms with Gasteiger partial charge in [-0.05, 0) is 54.3 Å². The van der Waals surface area contributed by atoms with E-state index in [1.807, 2.05) is 19.1 Å². The van der Waals surface area contributed by atoms with Crippen LogP contribution in [0.2, 0.25) is 0 Å². The number of carbonyl (C=O) groups excluding carboxylic acids is 1. The van der Waals surface area contributed by atoms with Crippen molar-refractivity contribution in [2.75, 3.05) is 0 Å². The van der Waals surface area contributed by atoms with Gasteiger partial charge in [0.15, 0.2) is 0 Å². The molecular formula is C25H22BrClN2O3S. The number of fused-ring (bicyclic) bond motifs is 1. The number of aromatic nitrogens is 1. The fourth-order valence-corrected chi connectivity index (χ4v) is 5.47. The van der Waals surface area contributed by atoms with E-state index in [4.69, 9.17) is 11.6 Å². The Labute approximate surface area is 206 Å². The molecule has 2 N–H and O–H groups in total. The monoisotopic (exact) mass is 544 g/mol. The van der Waals surface area contributed by atoms with Crippen molar-refractivity contribution in [3.63, 3.8) is 0 Å². The summed E-state index contributed by atoms with van der Waals surface area (Å²) in [5, 5.41) is 2.66. The summed E-state index contributed by atoms with van der Waals surface area (Å²) in [5.74, 6) is -0.684. The number of aromatic amines is 1. The number of benzene rings is 2. The Hall–Kier alpha value is -2.61. The minimum absolute atomic E-state index is 0.228. The van der Waals surface area contributed by atoms with Gasteiger partial charge in [0, 0.05) is 38.4 Å². The minimum atomic E-state index is -3.95. The molecule has 1 aliphatic rings. The number of sulfonamides is 1. The van der Waals surface area contributed by atoms with Crippen molar-refractivity contribution in [1.82, 2.24) is 9.71 Å². The lowest BCUT2D eigenvalue weighted by molar-refractivity contribution is 0.0982. The number of carbonyl (C=O) groups is 1. The second-order valence-electron chi connectivity index (χ2n) is 7.86. The lowest BCUT2D eigenvalue weighted by atomic mass is 9.97. The molecule has 2 aromatic carbocycles. The van der Waals surface area contributed by atoms with Crippen LogP contribution < -0.4 is 4.72 Å². The molecule has 0 bridgehead atoms. The molecule has 0 aliphatic heterocycles. The Morgan fingerprint density at radius 3 is 2.73 bits per heavy atom. The van der Waals surface area contributed by atoms with E-state index in [1.54, 1.807) is 42.5 Å². The van der Waals surface area contributed by atoms with E-state index in [-0.39, 0.29) is 10.4 Å². The van der Waals surface area contributed by atoms with Crippen molar-refractivity contribution in [2.45, 2.75) is 24.6 Å². The zero-order chi connectivity index (χ0) is 23.6. The SMILES string of the molecule is Cc1[nH]c2ccc(C(=O)NS(=O)(=O)/C=C/c3ccccc3)cc2c1CC1=C(Cl)CC(Br)C=C1. The van der Waals surface area contributed by atoms with Crippen molar-refractivity contribution in [1.29, 1.82) is 0 Å². The van der Waals surface area contributed by atoms with Crippen LogP contribution in [0.15, 0.2) is 76.7 Å². The summed E-state index contributed by atoms with van der Waals surface area (Å²) in [6.45, 7) is 1.97. The summed E-state index contributed by atoms with van der Waals surface area (Å²) in [7, 11) is -3.95. The summed E-state index contributed by atoms with van der Waals surface area (Å²) in [6, 6.07) is 14.1. The standard InChI is InChI=1S/C25H22BrClN2O3S/c1-16-21(13-18-7-9-20(26)15-23(18)27)22-14-19(8-10-24(22)28-16)25(30)29-33(31,32)12-11-17-5-3-2-4-6-17/h2-12,14,20,28H,13,15H2,1H3,(H,29,30)/b12-11+.